The molecule has 2 atom stereocenters. The zero-order chi connectivity index (χ0) is 13.3. The minimum absolute atomic E-state index is 0.167. The summed E-state index contributed by atoms with van der Waals surface area (Å²) in [5.41, 5.74) is 2.02. The molecule has 100 valence electrons. The van der Waals surface area contributed by atoms with Crippen molar-refractivity contribution in [3.8, 4) is 0 Å². The molecule has 0 amide bonds. The largest absolute Gasteiger partial charge is 0.298 e. The van der Waals surface area contributed by atoms with Crippen LogP contribution >= 0.6 is 0 Å². The molecular weight excluding hydrogens is 236 g/mol. The quantitative estimate of drug-likeness (QED) is 0.759. The number of aryl methyl sites for hydroxylation is 1. The van der Waals surface area contributed by atoms with Crippen LogP contribution in [0.4, 0.5) is 0 Å². The molecule has 0 aromatic heterocycles. The van der Waals surface area contributed by atoms with Gasteiger partial charge in [-0.2, -0.15) is 0 Å². The van der Waals surface area contributed by atoms with E-state index in [2.05, 4.69) is 47.9 Å². The van der Waals surface area contributed by atoms with E-state index in [0.29, 0.717) is 5.78 Å². The van der Waals surface area contributed by atoms with E-state index in [0.717, 1.165) is 32.8 Å². The van der Waals surface area contributed by atoms with Gasteiger partial charge in [0.05, 0.1) is 17.5 Å². The van der Waals surface area contributed by atoms with Crippen LogP contribution in [-0.2, 0) is 10.2 Å². The van der Waals surface area contributed by atoms with Crippen LogP contribution in [0.3, 0.4) is 0 Å². The highest BCUT2D eigenvalue weighted by molar-refractivity contribution is 5.97. The molecule has 1 aromatic rings. The minimum Gasteiger partial charge on any atom is -0.298 e. The number of nitrogens with zero attached hydrogens (tertiary/aromatic N) is 2. The number of hydrogen-bond acceptors (Lipinski definition) is 3. The second-order valence-corrected chi connectivity index (χ2v) is 6.95. The molecule has 2 unspecified atom stereocenters. The van der Waals surface area contributed by atoms with Gasteiger partial charge in [0.25, 0.3) is 0 Å². The van der Waals surface area contributed by atoms with E-state index >= 15 is 0 Å². The first-order valence-corrected chi connectivity index (χ1v) is 7.09. The highest BCUT2D eigenvalue weighted by atomic mass is 16.1. The summed E-state index contributed by atoms with van der Waals surface area (Å²) in [6.07, 6.45) is 0. The van der Waals surface area contributed by atoms with E-state index < -0.39 is 0 Å². The smallest absolute Gasteiger partial charge is 0.154 e. The third-order valence-corrected chi connectivity index (χ3v) is 5.12. The average molecular weight is 256 g/mol. The first-order chi connectivity index (χ1) is 9.02. The molecule has 4 aliphatic rings. The molecule has 5 rings (SSSR count). The molecule has 4 heterocycles. The zero-order valence-corrected chi connectivity index (χ0v) is 11.6. The topological polar surface area (TPSA) is 23.6 Å². The fourth-order valence-electron chi connectivity index (χ4n) is 4.50. The number of piperidine rings is 2. The van der Waals surface area contributed by atoms with Gasteiger partial charge in [-0.25, -0.2) is 0 Å². The lowest BCUT2D eigenvalue weighted by atomic mass is 9.59. The average Bonchev–Trinajstić information content (AvgIpc) is 2.35. The molecule has 4 fully saturated rings. The standard InChI is InChI=1S/C16H20N2O/c1-12-3-5-13(6-4-12)16-9-17-7-15(2,14(16)19)8-18(10-16)11-17/h3-6H,7-11H2,1-2H3. The Kier molecular flexibility index (Phi) is 2.12. The van der Waals surface area contributed by atoms with Crippen LogP contribution < -0.4 is 0 Å². The predicted molar refractivity (Wildman–Crippen MR) is 74.0 cm³/mol. The Bertz CT molecular complexity index is 534. The molecule has 0 N–H and O–H groups in total. The van der Waals surface area contributed by atoms with E-state index in [4.69, 9.17) is 0 Å². The molecule has 1 aromatic carbocycles. The van der Waals surface area contributed by atoms with Gasteiger partial charge < -0.3 is 0 Å². The van der Waals surface area contributed by atoms with Crippen LogP contribution in [0.1, 0.15) is 18.1 Å². The van der Waals surface area contributed by atoms with Gasteiger partial charge in [0.2, 0.25) is 0 Å². The van der Waals surface area contributed by atoms with Crippen LogP contribution in [0.2, 0.25) is 0 Å². The van der Waals surface area contributed by atoms with Gasteiger partial charge in [-0.3, -0.25) is 14.6 Å². The highest BCUT2D eigenvalue weighted by Gasteiger charge is 2.61. The number of carbonyl (C=O) groups is 1. The number of Topliss-reactive ketones (excluding diaryl/α,β-unsaturated/α-hetero) is 1. The van der Waals surface area contributed by atoms with Crippen molar-refractivity contribution in [1.82, 2.24) is 9.80 Å². The third kappa shape index (κ3) is 1.43. The van der Waals surface area contributed by atoms with E-state index in [1.165, 1.54) is 11.1 Å². The van der Waals surface area contributed by atoms with Crippen molar-refractivity contribution in [2.45, 2.75) is 19.3 Å². The van der Waals surface area contributed by atoms with Gasteiger partial charge >= 0.3 is 0 Å². The number of hydrogen-bond donors (Lipinski definition) is 0. The van der Waals surface area contributed by atoms with Crippen LogP contribution in [-0.4, -0.2) is 48.4 Å². The monoisotopic (exact) mass is 256 g/mol. The molecule has 4 bridgehead atoms. The van der Waals surface area contributed by atoms with Crippen molar-refractivity contribution in [2.24, 2.45) is 5.41 Å². The maximum atomic E-state index is 13.0. The van der Waals surface area contributed by atoms with Crippen LogP contribution in [0.25, 0.3) is 0 Å². The second kappa shape index (κ2) is 3.47. The molecule has 4 saturated heterocycles. The predicted octanol–water partition coefficient (Wildman–Crippen LogP) is 1.41. The lowest BCUT2D eigenvalue weighted by Gasteiger charge is -2.62. The molecule has 0 aliphatic carbocycles. The SMILES string of the molecule is Cc1ccc(C23CN4CN(CC(C)(C4)C2=O)C3)cc1. The Morgan fingerprint density at radius 2 is 1.58 bits per heavy atom. The summed E-state index contributed by atoms with van der Waals surface area (Å²) < 4.78 is 0. The normalized spacial score (nSPS) is 43.8. The Morgan fingerprint density at radius 3 is 2.16 bits per heavy atom. The maximum Gasteiger partial charge on any atom is 0.154 e. The molecule has 0 spiro atoms. The summed E-state index contributed by atoms with van der Waals surface area (Å²) in [7, 11) is 0. The first kappa shape index (κ1) is 11.6. The van der Waals surface area contributed by atoms with Gasteiger partial charge in [-0.1, -0.05) is 36.8 Å². The first-order valence-electron chi connectivity index (χ1n) is 7.09. The summed E-state index contributed by atoms with van der Waals surface area (Å²) in [5, 5.41) is 0. The minimum atomic E-state index is -0.281. The number of rotatable bonds is 1. The van der Waals surface area contributed by atoms with Crippen LogP contribution in [0, 0.1) is 12.3 Å². The van der Waals surface area contributed by atoms with Gasteiger partial charge in [0, 0.05) is 26.2 Å². The molecule has 4 aliphatic heterocycles. The summed E-state index contributed by atoms with van der Waals surface area (Å²) in [4.78, 5) is 18.0. The number of ketones is 1. The third-order valence-electron chi connectivity index (χ3n) is 5.12. The summed E-state index contributed by atoms with van der Waals surface area (Å²) >= 11 is 0. The van der Waals surface area contributed by atoms with Crippen molar-refractivity contribution in [3.63, 3.8) is 0 Å². The molecule has 3 nitrogen and oxygen atoms in total. The fourth-order valence-corrected chi connectivity index (χ4v) is 4.50. The lowest BCUT2D eigenvalue weighted by molar-refractivity contribution is -0.168. The van der Waals surface area contributed by atoms with Gasteiger partial charge in [0.1, 0.15) is 0 Å². The van der Waals surface area contributed by atoms with E-state index in [1.54, 1.807) is 0 Å². The Hall–Kier alpha value is -1.19. The molecular formula is C16H20N2O. The second-order valence-electron chi connectivity index (χ2n) is 6.95. The van der Waals surface area contributed by atoms with Crippen molar-refractivity contribution < 1.29 is 4.79 Å². The van der Waals surface area contributed by atoms with Crippen LogP contribution in [0.15, 0.2) is 24.3 Å². The molecule has 0 radical (unpaired) electrons. The Labute approximate surface area is 114 Å². The number of benzene rings is 1. The summed E-state index contributed by atoms with van der Waals surface area (Å²) in [5.74, 6) is 0.469. The summed E-state index contributed by atoms with van der Waals surface area (Å²) in [6, 6.07) is 8.58. The van der Waals surface area contributed by atoms with E-state index in [9.17, 15) is 4.79 Å². The van der Waals surface area contributed by atoms with Crippen molar-refractivity contribution in [1.29, 1.82) is 0 Å². The zero-order valence-electron chi connectivity index (χ0n) is 11.6. The highest BCUT2D eigenvalue weighted by Crippen LogP contribution is 2.47. The molecule has 19 heavy (non-hydrogen) atoms. The van der Waals surface area contributed by atoms with Gasteiger partial charge in [-0.05, 0) is 12.5 Å². The van der Waals surface area contributed by atoms with Crippen molar-refractivity contribution >= 4 is 5.78 Å². The fraction of sp³-hybridized carbons (Fsp3) is 0.562. The number of carbonyl (C=O) groups excluding carboxylic acids is 1. The molecule has 0 saturated carbocycles. The van der Waals surface area contributed by atoms with Crippen molar-refractivity contribution in [2.75, 3.05) is 32.8 Å². The van der Waals surface area contributed by atoms with Gasteiger partial charge in [-0.15, -0.1) is 0 Å². The maximum absolute atomic E-state index is 13.0. The molecule has 3 heteroatoms. The van der Waals surface area contributed by atoms with E-state index in [-0.39, 0.29) is 10.8 Å². The van der Waals surface area contributed by atoms with E-state index in [1.807, 2.05) is 0 Å². The van der Waals surface area contributed by atoms with Crippen LogP contribution in [0.5, 0.6) is 0 Å². The Morgan fingerprint density at radius 1 is 1.00 bits per heavy atom. The summed E-state index contributed by atoms with van der Waals surface area (Å²) in [6.45, 7) is 8.97. The van der Waals surface area contributed by atoms with Gasteiger partial charge in [0.15, 0.2) is 5.78 Å². The van der Waals surface area contributed by atoms with Crippen molar-refractivity contribution in [3.05, 3.63) is 35.4 Å². The lowest BCUT2D eigenvalue weighted by Crippen LogP contribution is -2.77. The Balaban J connectivity index is 1.85.